The third kappa shape index (κ3) is 5.20. The fraction of sp³-hybridized carbons (Fsp3) is 0.136. The van der Waals surface area contributed by atoms with Gasteiger partial charge in [-0.05, 0) is 48.4 Å². The normalized spacial score (nSPS) is 10.9. The van der Waals surface area contributed by atoms with Crippen LogP contribution in [0, 0.1) is 6.92 Å². The molecule has 1 aromatic heterocycles. The highest BCUT2D eigenvalue weighted by atomic mass is 79.9. The second-order valence-corrected chi connectivity index (χ2v) is 7.48. The van der Waals surface area contributed by atoms with E-state index in [1.165, 1.54) is 13.0 Å². The van der Waals surface area contributed by atoms with E-state index in [1.807, 2.05) is 43.3 Å². The van der Waals surface area contributed by atoms with Crippen molar-refractivity contribution in [3.8, 4) is 11.1 Å². The topological polar surface area (TPSA) is 76.0 Å². The van der Waals surface area contributed by atoms with E-state index >= 15 is 0 Å². The summed E-state index contributed by atoms with van der Waals surface area (Å²) in [6, 6.07) is 15.1. The van der Waals surface area contributed by atoms with Crippen molar-refractivity contribution < 1.29 is 9.59 Å². The Hall–Kier alpha value is -3.19. The van der Waals surface area contributed by atoms with E-state index in [0.29, 0.717) is 11.5 Å². The Morgan fingerprint density at radius 3 is 2.31 bits per heavy atom. The molecule has 0 aliphatic heterocycles. The van der Waals surface area contributed by atoms with E-state index in [2.05, 4.69) is 31.7 Å². The van der Waals surface area contributed by atoms with Crippen LogP contribution in [0.25, 0.3) is 17.2 Å². The van der Waals surface area contributed by atoms with Crippen molar-refractivity contribution in [1.82, 2.24) is 9.78 Å². The maximum atomic E-state index is 12.5. The van der Waals surface area contributed by atoms with E-state index in [4.69, 9.17) is 0 Å². The summed E-state index contributed by atoms with van der Waals surface area (Å²) in [6.07, 6.45) is 3.19. The highest BCUT2D eigenvalue weighted by molar-refractivity contribution is 9.10. The third-order valence-electron chi connectivity index (χ3n) is 4.25. The minimum atomic E-state index is -0.253. The number of nitrogens with one attached hydrogen (secondary N) is 2. The molecule has 0 fully saturated rings. The van der Waals surface area contributed by atoms with Gasteiger partial charge in [-0.15, -0.1) is 0 Å². The second-order valence-electron chi connectivity index (χ2n) is 6.57. The molecule has 0 bridgehead atoms. The number of halogens is 1. The Balaban J connectivity index is 1.76. The first-order valence-corrected chi connectivity index (χ1v) is 9.79. The van der Waals surface area contributed by atoms with Crippen LogP contribution in [0.2, 0.25) is 0 Å². The Labute approximate surface area is 177 Å². The predicted molar refractivity (Wildman–Crippen MR) is 119 cm³/mol. The van der Waals surface area contributed by atoms with Crippen LogP contribution in [0.15, 0.2) is 59.1 Å². The summed E-state index contributed by atoms with van der Waals surface area (Å²) in [5.41, 5.74) is 4.27. The molecule has 2 amide bonds. The second kappa shape index (κ2) is 8.87. The van der Waals surface area contributed by atoms with E-state index in [9.17, 15) is 9.59 Å². The van der Waals surface area contributed by atoms with Crippen molar-refractivity contribution >= 4 is 45.3 Å². The number of carbonyl (C=O) groups is 2. The van der Waals surface area contributed by atoms with Gasteiger partial charge in [-0.2, -0.15) is 5.10 Å². The molecule has 0 saturated carbocycles. The molecule has 1 heterocycles. The molecular weight excluding hydrogens is 432 g/mol. The van der Waals surface area contributed by atoms with Crippen LogP contribution >= 0.6 is 15.9 Å². The lowest BCUT2D eigenvalue weighted by Gasteiger charge is -2.08. The van der Waals surface area contributed by atoms with Crippen LogP contribution in [0.5, 0.6) is 0 Å². The number of carbonyl (C=O) groups excluding carboxylic acids is 2. The van der Waals surface area contributed by atoms with Gasteiger partial charge in [-0.1, -0.05) is 40.2 Å². The van der Waals surface area contributed by atoms with Crippen LogP contribution in [-0.2, 0) is 16.6 Å². The molecule has 0 radical (unpaired) electrons. The molecule has 6 nitrogen and oxygen atoms in total. The minimum absolute atomic E-state index is 0.124. The highest BCUT2D eigenvalue weighted by Gasteiger charge is 2.16. The summed E-state index contributed by atoms with van der Waals surface area (Å²) in [4.78, 5) is 23.6. The van der Waals surface area contributed by atoms with Gasteiger partial charge in [0.05, 0.1) is 5.69 Å². The van der Waals surface area contributed by atoms with Crippen LogP contribution in [0.4, 0.5) is 11.5 Å². The number of hydrogen-bond donors (Lipinski definition) is 2. The van der Waals surface area contributed by atoms with Crippen molar-refractivity contribution in [2.45, 2.75) is 13.8 Å². The zero-order valence-corrected chi connectivity index (χ0v) is 17.9. The van der Waals surface area contributed by atoms with Gasteiger partial charge in [-0.25, -0.2) is 0 Å². The van der Waals surface area contributed by atoms with Crippen molar-refractivity contribution in [2.75, 3.05) is 10.6 Å². The van der Waals surface area contributed by atoms with Gasteiger partial charge in [0.1, 0.15) is 5.82 Å². The third-order valence-corrected chi connectivity index (χ3v) is 4.78. The van der Waals surface area contributed by atoms with E-state index < -0.39 is 0 Å². The minimum Gasteiger partial charge on any atom is -0.326 e. The average Bonchev–Trinajstić information content (AvgIpc) is 2.95. The van der Waals surface area contributed by atoms with Gasteiger partial charge in [0.2, 0.25) is 11.8 Å². The lowest BCUT2D eigenvalue weighted by Crippen LogP contribution is -2.12. The molecule has 0 spiro atoms. The maximum Gasteiger partial charge on any atom is 0.249 e. The fourth-order valence-electron chi connectivity index (χ4n) is 2.97. The van der Waals surface area contributed by atoms with Crippen molar-refractivity contribution in [3.05, 3.63) is 70.3 Å². The number of anilines is 2. The molecule has 3 rings (SSSR count). The number of aryl methyl sites for hydroxylation is 2. The smallest absolute Gasteiger partial charge is 0.249 e. The van der Waals surface area contributed by atoms with E-state index in [1.54, 1.807) is 29.9 Å². The first-order valence-electron chi connectivity index (χ1n) is 9.00. The van der Waals surface area contributed by atoms with Gasteiger partial charge in [-0.3, -0.25) is 14.3 Å². The Morgan fingerprint density at radius 1 is 1.03 bits per heavy atom. The molecule has 0 saturated heterocycles. The standard InChI is InChI=1S/C22H21BrN4O2/c1-14-21(17-7-9-18(23)10-8-17)22(27(3)26-14)25-20(29)13-6-16-4-11-19(12-5-16)24-15(2)28/h4-13H,1-3H3,(H,24,28)(H,25,29). The summed E-state index contributed by atoms with van der Waals surface area (Å²) < 4.78 is 2.65. The maximum absolute atomic E-state index is 12.5. The number of nitrogens with zero attached hydrogens (tertiary/aromatic N) is 2. The van der Waals surface area contributed by atoms with Gasteiger partial charge in [0.25, 0.3) is 0 Å². The first-order chi connectivity index (χ1) is 13.8. The highest BCUT2D eigenvalue weighted by Crippen LogP contribution is 2.31. The molecule has 2 aromatic carbocycles. The van der Waals surface area contributed by atoms with Gasteiger partial charge >= 0.3 is 0 Å². The zero-order chi connectivity index (χ0) is 21.0. The van der Waals surface area contributed by atoms with Crippen molar-refractivity contribution in [2.24, 2.45) is 7.05 Å². The number of hydrogen-bond acceptors (Lipinski definition) is 3. The summed E-state index contributed by atoms with van der Waals surface area (Å²) in [6.45, 7) is 3.38. The molecule has 0 aliphatic rings. The fourth-order valence-corrected chi connectivity index (χ4v) is 3.24. The van der Waals surface area contributed by atoms with Crippen LogP contribution in [0.3, 0.4) is 0 Å². The first kappa shape index (κ1) is 20.5. The van der Waals surface area contributed by atoms with Crippen molar-refractivity contribution in [1.29, 1.82) is 0 Å². The Morgan fingerprint density at radius 2 is 1.69 bits per heavy atom. The van der Waals surface area contributed by atoms with Crippen LogP contribution < -0.4 is 10.6 Å². The number of rotatable bonds is 5. The number of benzene rings is 2. The molecule has 2 N–H and O–H groups in total. The van der Waals surface area contributed by atoms with Gasteiger partial charge < -0.3 is 10.6 Å². The molecule has 0 atom stereocenters. The number of aromatic nitrogens is 2. The molecule has 0 unspecified atom stereocenters. The Kier molecular flexibility index (Phi) is 6.29. The summed E-state index contributed by atoms with van der Waals surface area (Å²) >= 11 is 3.44. The van der Waals surface area contributed by atoms with E-state index in [0.717, 1.165) is 26.9 Å². The van der Waals surface area contributed by atoms with E-state index in [-0.39, 0.29) is 11.8 Å². The predicted octanol–water partition coefficient (Wildman–Crippen LogP) is 4.77. The van der Waals surface area contributed by atoms with Crippen LogP contribution in [0.1, 0.15) is 18.2 Å². The average molecular weight is 453 g/mol. The molecular formula is C22H21BrN4O2. The molecule has 148 valence electrons. The SMILES string of the molecule is CC(=O)Nc1ccc(C=CC(=O)Nc2c(-c3ccc(Br)cc3)c(C)nn2C)cc1. The van der Waals surface area contributed by atoms with Crippen LogP contribution in [-0.4, -0.2) is 21.6 Å². The summed E-state index contributed by atoms with van der Waals surface area (Å²) in [5.74, 6) is 0.262. The largest absolute Gasteiger partial charge is 0.326 e. The Bertz CT molecular complexity index is 1070. The summed E-state index contributed by atoms with van der Waals surface area (Å²) in [7, 11) is 1.80. The zero-order valence-electron chi connectivity index (χ0n) is 16.4. The summed E-state index contributed by atoms with van der Waals surface area (Å²) in [5, 5.41) is 10.1. The number of amides is 2. The van der Waals surface area contributed by atoms with Crippen molar-refractivity contribution in [3.63, 3.8) is 0 Å². The lowest BCUT2D eigenvalue weighted by molar-refractivity contribution is -0.114. The van der Waals surface area contributed by atoms with Gasteiger partial charge in [0, 0.05) is 35.8 Å². The molecule has 0 aliphatic carbocycles. The quantitative estimate of drug-likeness (QED) is 0.547. The molecule has 29 heavy (non-hydrogen) atoms. The molecule has 7 heteroatoms. The lowest BCUT2D eigenvalue weighted by atomic mass is 10.1. The van der Waals surface area contributed by atoms with Gasteiger partial charge in [0.15, 0.2) is 0 Å². The molecule has 3 aromatic rings. The monoisotopic (exact) mass is 452 g/mol.